The van der Waals surface area contributed by atoms with Crippen molar-refractivity contribution in [3.8, 4) is 33.4 Å². The second-order valence-corrected chi connectivity index (χ2v) is 12.9. The molecule has 2 heterocycles. The SMILES string of the molecule is c1ccc(-c2ccc(N(c3ccc(-c4ccccc4)cc3)c3ccc(-c4cc5c6ccccc6oc5c5oc6ccccc6c45)cc3)cc2)cc1. The van der Waals surface area contributed by atoms with E-state index >= 15 is 0 Å². The number of rotatable bonds is 6. The molecule has 10 rings (SSSR count). The van der Waals surface area contributed by atoms with Crippen molar-refractivity contribution in [2.24, 2.45) is 0 Å². The molecule has 0 N–H and O–H groups in total. The van der Waals surface area contributed by atoms with Crippen molar-refractivity contribution in [1.29, 1.82) is 0 Å². The Bertz CT molecular complexity index is 2730. The molecule has 0 amide bonds. The number of fused-ring (bicyclic) bond motifs is 7. The number of hydrogen-bond acceptors (Lipinski definition) is 3. The molecular formula is C48H31NO2. The standard InChI is InChI=1S/C48H31NO2/c1-3-11-32(12-4-1)34-19-25-37(26-20-34)49(38-27-21-35(22-28-38)33-13-5-2-6-14-33)39-29-23-36(24-30-39)42-31-43-40-15-7-9-17-44(40)50-47(43)48-46(42)41-16-8-10-18-45(41)51-48/h1-31H. The molecule has 0 aliphatic carbocycles. The van der Waals surface area contributed by atoms with Crippen molar-refractivity contribution in [3.63, 3.8) is 0 Å². The molecule has 2 aromatic heterocycles. The molecule has 0 saturated carbocycles. The molecule has 8 aromatic carbocycles. The van der Waals surface area contributed by atoms with E-state index < -0.39 is 0 Å². The van der Waals surface area contributed by atoms with Gasteiger partial charge in [0.15, 0.2) is 11.2 Å². The van der Waals surface area contributed by atoms with Gasteiger partial charge in [-0.2, -0.15) is 0 Å². The van der Waals surface area contributed by atoms with Crippen LogP contribution >= 0.6 is 0 Å². The molecule has 0 bridgehead atoms. The van der Waals surface area contributed by atoms with Crippen molar-refractivity contribution in [2.45, 2.75) is 0 Å². The van der Waals surface area contributed by atoms with Gasteiger partial charge in [0, 0.05) is 38.6 Å². The normalized spacial score (nSPS) is 11.5. The van der Waals surface area contributed by atoms with Gasteiger partial charge in [0.05, 0.1) is 0 Å². The van der Waals surface area contributed by atoms with Gasteiger partial charge in [-0.3, -0.25) is 0 Å². The minimum absolute atomic E-state index is 0.780. The lowest BCUT2D eigenvalue weighted by atomic mass is 9.96. The zero-order chi connectivity index (χ0) is 33.7. The summed E-state index contributed by atoms with van der Waals surface area (Å²) in [4.78, 5) is 2.32. The molecule has 0 atom stereocenters. The molecule has 10 aromatic rings. The van der Waals surface area contributed by atoms with Crippen LogP contribution in [0, 0.1) is 0 Å². The van der Waals surface area contributed by atoms with Gasteiger partial charge in [-0.25, -0.2) is 0 Å². The summed E-state index contributed by atoms with van der Waals surface area (Å²) in [6.07, 6.45) is 0. The first-order chi connectivity index (χ1) is 25.3. The Hall–Kier alpha value is -6.84. The molecule has 240 valence electrons. The Kier molecular flexibility index (Phi) is 6.81. The first-order valence-electron chi connectivity index (χ1n) is 17.3. The van der Waals surface area contributed by atoms with Crippen LogP contribution in [0.15, 0.2) is 197 Å². The highest BCUT2D eigenvalue weighted by Gasteiger charge is 2.21. The van der Waals surface area contributed by atoms with Gasteiger partial charge in [-0.05, 0) is 88.0 Å². The quantitative estimate of drug-likeness (QED) is 0.179. The Morgan fingerprint density at radius 1 is 0.314 bits per heavy atom. The smallest absolute Gasteiger partial charge is 0.179 e. The van der Waals surface area contributed by atoms with E-state index in [4.69, 9.17) is 8.83 Å². The Balaban J connectivity index is 1.11. The summed E-state index contributed by atoms with van der Waals surface area (Å²) in [6, 6.07) is 66.3. The van der Waals surface area contributed by atoms with E-state index in [0.29, 0.717) is 0 Å². The summed E-state index contributed by atoms with van der Waals surface area (Å²) in [5.74, 6) is 0. The molecule has 0 radical (unpaired) electrons. The van der Waals surface area contributed by atoms with Crippen LogP contribution in [0.1, 0.15) is 0 Å². The largest absolute Gasteiger partial charge is 0.452 e. The topological polar surface area (TPSA) is 29.5 Å². The van der Waals surface area contributed by atoms with Crippen molar-refractivity contribution in [3.05, 3.63) is 188 Å². The van der Waals surface area contributed by atoms with Gasteiger partial charge in [0.1, 0.15) is 11.2 Å². The lowest BCUT2D eigenvalue weighted by molar-refractivity contribution is 0.633. The average Bonchev–Trinajstić information content (AvgIpc) is 3.78. The number of nitrogens with zero attached hydrogens (tertiary/aromatic N) is 1. The summed E-state index contributed by atoms with van der Waals surface area (Å²) in [5.41, 5.74) is 13.5. The molecular weight excluding hydrogens is 623 g/mol. The third-order valence-corrected chi connectivity index (χ3v) is 9.90. The predicted octanol–water partition coefficient (Wildman–Crippen LogP) is 14.0. The van der Waals surface area contributed by atoms with E-state index in [1.54, 1.807) is 0 Å². The average molecular weight is 654 g/mol. The summed E-state index contributed by atoms with van der Waals surface area (Å²) in [6.45, 7) is 0. The maximum Gasteiger partial charge on any atom is 0.179 e. The first kappa shape index (κ1) is 29.1. The predicted molar refractivity (Wildman–Crippen MR) is 212 cm³/mol. The minimum Gasteiger partial charge on any atom is -0.452 e. The maximum atomic E-state index is 6.52. The highest BCUT2D eigenvalue weighted by Crippen LogP contribution is 2.45. The lowest BCUT2D eigenvalue weighted by Gasteiger charge is -2.26. The van der Waals surface area contributed by atoms with Crippen LogP contribution < -0.4 is 4.90 Å². The molecule has 3 heteroatoms. The van der Waals surface area contributed by atoms with Crippen LogP contribution in [0.2, 0.25) is 0 Å². The molecule has 0 fully saturated rings. The highest BCUT2D eigenvalue weighted by molar-refractivity contribution is 6.23. The Morgan fingerprint density at radius 3 is 1.27 bits per heavy atom. The fourth-order valence-electron chi connectivity index (χ4n) is 7.40. The van der Waals surface area contributed by atoms with Gasteiger partial charge < -0.3 is 13.7 Å². The van der Waals surface area contributed by atoms with Crippen LogP contribution in [0.25, 0.3) is 77.3 Å². The maximum absolute atomic E-state index is 6.52. The van der Waals surface area contributed by atoms with Gasteiger partial charge >= 0.3 is 0 Å². The van der Waals surface area contributed by atoms with E-state index in [-0.39, 0.29) is 0 Å². The molecule has 0 saturated heterocycles. The zero-order valence-corrected chi connectivity index (χ0v) is 27.7. The van der Waals surface area contributed by atoms with Crippen LogP contribution in [-0.4, -0.2) is 0 Å². The van der Waals surface area contributed by atoms with Gasteiger partial charge in [-0.1, -0.05) is 133 Å². The summed E-state index contributed by atoms with van der Waals surface area (Å²) in [7, 11) is 0. The van der Waals surface area contributed by atoms with E-state index in [0.717, 1.165) is 72.1 Å². The summed E-state index contributed by atoms with van der Waals surface area (Å²) < 4.78 is 12.9. The fourth-order valence-corrected chi connectivity index (χ4v) is 7.40. The van der Waals surface area contributed by atoms with Crippen LogP contribution in [0.5, 0.6) is 0 Å². The van der Waals surface area contributed by atoms with Crippen LogP contribution in [-0.2, 0) is 0 Å². The fraction of sp³-hybridized carbons (Fsp3) is 0. The molecule has 0 spiro atoms. The third-order valence-electron chi connectivity index (χ3n) is 9.90. The van der Waals surface area contributed by atoms with Gasteiger partial charge in [-0.15, -0.1) is 0 Å². The zero-order valence-electron chi connectivity index (χ0n) is 27.7. The number of para-hydroxylation sites is 2. The van der Waals surface area contributed by atoms with Crippen molar-refractivity contribution in [1.82, 2.24) is 0 Å². The van der Waals surface area contributed by atoms with E-state index in [1.165, 1.54) is 22.3 Å². The highest BCUT2D eigenvalue weighted by atomic mass is 16.4. The van der Waals surface area contributed by atoms with Crippen molar-refractivity contribution >= 4 is 60.9 Å². The Labute approximate surface area is 295 Å². The van der Waals surface area contributed by atoms with Crippen LogP contribution in [0.3, 0.4) is 0 Å². The number of hydrogen-bond donors (Lipinski definition) is 0. The third kappa shape index (κ3) is 4.98. The molecule has 0 aliphatic rings. The molecule has 0 unspecified atom stereocenters. The van der Waals surface area contributed by atoms with Crippen molar-refractivity contribution in [2.75, 3.05) is 4.90 Å². The molecule has 0 aliphatic heterocycles. The summed E-state index contributed by atoms with van der Waals surface area (Å²) >= 11 is 0. The second kappa shape index (κ2) is 11.9. The van der Waals surface area contributed by atoms with E-state index in [1.807, 2.05) is 24.3 Å². The molecule has 3 nitrogen and oxygen atoms in total. The monoisotopic (exact) mass is 653 g/mol. The Morgan fingerprint density at radius 2 is 0.725 bits per heavy atom. The molecule has 51 heavy (non-hydrogen) atoms. The number of anilines is 3. The number of furan rings is 2. The lowest BCUT2D eigenvalue weighted by Crippen LogP contribution is -2.09. The van der Waals surface area contributed by atoms with Gasteiger partial charge in [0.2, 0.25) is 0 Å². The van der Waals surface area contributed by atoms with Gasteiger partial charge in [0.25, 0.3) is 0 Å². The van der Waals surface area contributed by atoms with Crippen LogP contribution in [0.4, 0.5) is 17.1 Å². The minimum atomic E-state index is 0.780. The second-order valence-electron chi connectivity index (χ2n) is 12.9. The van der Waals surface area contributed by atoms with E-state index in [2.05, 4.69) is 169 Å². The van der Waals surface area contributed by atoms with E-state index in [9.17, 15) is 0 Å². The summed E-state index contributed by atoms with van der Waals surface area (Å²) in [5, 5.41) is 4.27. The van der Waals surface area contributed by atoms with Crippen molar-refractivity contribution < 1.29 is 8.83 Å². The number of benzene rings is 8. The first-order valence-corrected chi connectivity index (χ1v) is 17.3.